The minimum atomic E-state index is -4.90. The van der Waals surface area contributed by atoms with E-state index in [-0.39, 0.29) is 25.7 Å². The quantitative estimate of drug-likeness (QED) is 0.0222. The largest absolute Gasteiger partial charge is 0.472 e. The third kappa shape index (κ3) is 47.7. The number of rotatable bonds is 47. The molecular formula is C49H96O17P2. The summed E-state index contributed by atoms with van der Waals surface area (Å²) in [5.41, 5.74) is 0. The molecule has 404 valence electrons. The number of phosphoric acid groups is 2. The summed E-state index contributed by atoms with van der Waals surface area (Å²) in [5.74, 6) is -2.26. The number of aliphatic hydroxyl groups is 1. The molecule has 0 rings (SSSR count). The van der Waals surface area contributed by atoms with Crippen LogP contribution in [0.5, 0.6) is 0 Å². The van der Waals surface area contributed by atoms with Crippen LogP contribution in [-0.4, -0.2) is 96.7 Å². The van der Waals surface area contributed by atoms with Crippen molar-refractivity contribution in [2.24, 2.45) is 0 Å². The average molecular weight is 1020 g/mol. The SMILES string of the molecule is CCCCCCCC.CCCCCCCCCCCCCC(=O)OC[C@H](COP(=O)(O)OC[C@@H](O)COP(=O)(O)OC[C@@H](COC(=O)CCCCCC)OC(=O)CCC)OC(=O)CCCCCC. The lowest BCUT2D eigenvalue weighted by Crippen LogP contribution is -2.30. The fraction of sp³-hybridized carbons (Fsp3) is 0.918. The number of hydrogen-bond donors (Lipinski definition) is 3. The minimum Gasteiger partial charge on any atom is -0.462 e. The first-order valence-corrected chi connectivity index (χ1v) is 29.2. The van der Waals surface area contributed by atoms with Gasteiger partial charge in [-0.05, 0) is 25.7 Å². The molecule has 0 spiro atoms. The Kier molecular flexibility index (Phi) is 47.5. The van der Waals surface area contributed by atoms with Crippen molar-refractivity contribution in [1.82, 2.24) is 0 Å². The Morgan fingerprint density at radius 2 is 0.618 bits per heavy atom. The lowest BCUT2D eigenvalue weighted by molar-refractivity contribution is -0.161. The van der Waals surface area contributed by atoms with Gasteiger partial charge in [0.15, 0.2) is 12.2 Å². The van der Waals surface area contributed by atoms with E-state index >= 15 is 0 Å². The van der Waals surface area contributed by atoms with Crippen LogP contribution in [0.2, 0.25) is 0 Å². The second-order valence-corrected chi connectivity index (χ2v) is 20.3. The van der Waals surface area contributed by atoms with E-state index in [1.54, 1.807) is 6.92 Å². The van der Waals surface area contributed by atoms with Gasteiger partial charge < -0.3 is 33.8 Å². The Labute approximate surface area is 410 Å². The van der Waals surface area contributed by atoms with Crippen LogP contribution in [0.1, 0.15) is 234 Å². The van der Waals surface area contributed by atoms with E-state index in [9.17, 15) is 43.2 Å². The summed E-state index contributed by atoms with van der Waals surface area (Å²) >= 11 is 0. The smallest absolute Gasteiger partial charge is 0.462 e. The summed E-state index contributed by atoms with van der Waals surface area (Å²) in [4.78, 5) is 69.5. The van der Waals surface area contributed by atoms with Gasteiger partial charge in [0.25, 0.3) is 0 Å². The van der Waals surface area contributed by atoms with Crippen molar-refractivity contribution < 1.29 is 80.2 Å². The summed E-state index contributed by atoms with van der Waals surface area (Å²) < 4.78 is 65.7. The van der Waals surface area contributed by atoms with E-state index in [2.05, 4.69) is 20.8 Å². The highest BCUT2D eigenvalue weighted by Gasteiger charge is 2.30. The van der Waals surface area contributed by atoms with Gasteiger partial charge >= 0.3 is 39.5 Å². The zero-order valence-electron chi connectivity index (χ0n) is 43.1. The van der Waals surface area contributed by atoms with E-state index in [1.165, 1.54) is 83.5 Å². The monoisotopic (exact) mass is 1020 g/mol. The van der Waals surface area contributed by atoms with Crippen molar-refractivity contribution in [3.05, 3.63) is 0 Å². The maximum Gasteiger partial charge on any atom is 0.472 e. The van der Waals surface area contributed by atoms with Crippen LogP contribution in [-0.2, 0) is 65.4 Å². The first-order chi connectivity index (χ1) is 32.6. The number of unbranched alkanes of at least 4 members (excludes halogenated alkanes) is 21. The summed E-state index contributed by atoms with van der Waals surface area (Å²) in [6, 6.07) is 0. The molecule has 68 heavy (non-hydrogen) atoms. The molecule has 0 saturated carbocycles. The first kappa shape index (κ1) is 68.1. The molecule has 0 heterocycles. The molecule has 0 aliphatic heterocycles. The molecule has 0 aliphatic rings. The van der Waals surface area contributed by atoms with Gasteiger partial charge in [-0.15, -0.1) is 0 Å². The van der Waals surface area contributed by atoms with Crippen molar-refractivity contribution in [2.45, 2.75) is 252 Å². The van der Waals surface area contributed by atoms with Crippen molar-refractivity contribution in [2.75, 3.05) is 39.6 Å². The molecule has 0 radical (unpaired) electrons. The number of hydrogen-bond acceptors (Lipinski definition) is 15. The molecule has 0 fully saturated rings. The predicted octanol–water partition coefficient (Wildman–Crippen LogP) is 12.3. The zero-order chi connectivity index (χ0) is 51.2. The lowest BCUT2D eigenvalue weighted by Gasteiger charge is -2.21. The number of ether oxygens (including phenoxy) is 4. The van der Waals surface area contributed by atoms with E-state index in [0.29, 0.717) is 25.7 Å². The highest BCUT2D eigenvalue weighted by molar-refractivity contribution is 7.47. The van der Waals surface area contributed by atoms with E-state index in [4.69, 9.17) is 37.0 Å². The highest BCUT2D eigenvalue weighted by atomic mass is 31.2. The standard InChI is InChI=1S/C41H78O17P2.C8H18/c1-5-9-12-15-16-17-18-19-20-21-24-27-39(44)52-32-37(58-41(46)28-23-14-11-7-3)34-56-60(49,50)54-30-35(42)29-53-59(47,48)55-33-36(57-40(45)25-8-4)31-51-38(43)26-22-13-10-6-2;1-3-5-7-8-6-4-2/h35-37,42H,5-34H2,1-4H3,(H,47,48)(H,49,50);3-8H2,1-2H3/t35-,36+,37+;/m0./s1. The van der Waals surface area contributed by atoms with Gasteiger partial charge in [0, 0.05) is 25.7 Å². The van der Waals surface area contributed by atoms with Crippen LogP contribution < -0.4 is 0 Å². The van der Waals surface area contributed by atoms with Crippen LogP contribution in [0, 0.1) is 0 Å². The van der Waals surface area contributed by atoms with Crippen molar-refractivity contribution in [3.8, 4) is 0 Å². The molecule has 0 bridgehead atoms. The van der Waals surface area contributed by atoms with Crippen molar-refractivity contribution in [1.29, 1.82) is 0 Å². The van der Waals surface area contributed by atoms with Crippen LogP contribution in [0.4, 0.5) is 0 Å². The van der Waals surface area contributed by atoms with Crippen LogP contribution >= 0.6 is 15.6 Å². The number of aliphatic hydroxyl groups excluding tert-OH is 1. The lowest BCUT2D eigenvalue weighted by atomic mass is 10.1. The van der Waals surface area contributed by atoms with Crippen molar-refractivity contribution in [3.63, 3.8) is 0 Å². The van der Waals surface area contributed by atoms with E-state index < -0.39 is 97.5 Å². The molecular weight excluding hydrogens is 922 g/mol. The molecule has 0 aliphatic carbocycles. The van der Waals surface area contributed by atoms with E-state index in [0.717, 1.165) is 57.8 Å². The maximum absolute atomic E-state index is 12.6. The normalized spacial score (nSPS) is 14.4. The Hall–Kier alpha value is -1.94. The van der Waals surface area contributed by atoms with Gasteiger partial charge in [0.05, 0.1) is 26.4 Å². The highest BCUT2D eigenvalue weighted by Crippen LogP contribution is 2.45. The van der Waals surface area contributed by atoms with Gasteiger partial charge in [0.2, 0.25) is 0 Å². The Balaban J connectivity index is 0. The van der Waals surface area contributed by atoms with Crippen LogP contribution in [0.15, 0.2) is 0 Å². The summed E-state index contributed by atoms with van der Waals surface area (Å²) in [5, 5.41) is 10.2. The number of esters is 4. The van der Waals surface area contributed by atoms with Gasteiger partial charge in [-0.1, -0.05) is 183 Å². The Morgan fingerprint density at radius 3 is 0.941 bits per heavy atom. The van der Waals surface area contributed by atoms with Gasteiger partial charge in [-0.3, -0.25) is 37.3 Å². The third-order valence-electron chi connectivity index (χ3n) is 10.5. The Bertz CT molecular complexity index is 1310. The summed E-state index contributed by atoms with van der Waals surface area (Å²) in [7, 11) is -9.78. The zero-order valence-corrected chi connectivity index (χ0v) is 44.9. The molecule has 0 aromatic heterocycles. The van der Waals surface area contributed by atoms with Crippen LogP contribution in [0.25, 0.3) is 0 Å². The maximum atomic E-state index is 12.6. The van der Waals surface area contributed by atoms with Gasteiger partial charge in [-0.2, -0.15) is 0 Å². The van der Waals surface area contributed by atoms with E-state index in [1.807, 2.05) is 13.8 Å². The second kappa shape index (κ2) is 47.4. The molecule has 5 atom stereocenters. The third-order valence-corrected chi connectivity index (χ3v) is 12.4. The van der Waals surface area contributed by atoms with Gasteiger partial charge in [0.1, 0.15) is 19.3 Å². The molecule has 2 unspecified atom stereocenters. The summed E-state index contributed by atoms with van der Waals surface area (Å²) in [6.45, 7) is 8.54. The number of phosphoric ester groups is 2. The fourth-order valence-corrected chi connectivity index (χ4v) is 8.04. The second-order valence-electron chi connectivity index (χ2n) is 17.4. The molecule has 19 heteroatoms. The fourth-order valence-electron chi connectivity index (χ4n) is 6.46. The molecule has 17 nitrogen and oxygen atoms in total. The molecule has 0 saturated heterocycles. The number of carbonyl (C=O) groups excluding carboxylic acids is 4. The average Bonchev–Trinajstić information content (AvgIpc) is 3.30. The minimum absolute atomic E-state index is 0.0528. The molecule has 3 N–H and O–H groups in total. The predicted molar refractivity (Wildman–Crippen MR) is 264 cm³/mol. The Morgan fingerprint density at radius 1 is 0.353 bits per heavy atom. The molecule has 0 aromatic rings. The molecule has 0 aromatic carbocycles. The van der Waals surface area contributed by atoms with Crippen molar-refractivity contribution >= 4 is 39.5 Å². The summed E-state index contributed by atoms with van der Waals surface area (Å²) in [6.07, 6.45) is 24.4. The van der Waals surface area contributed by atoms with Crippen LogP contribution in [0.3, 0.4) is 0 Å². The topological polar surface area (TPSA) is 237 Å². The number of carbonyl (C=O) groups is 4. The van der Waals surface area contributed by atoms with Gasteiger partial charge in [-0.25, -0.2) is 9.13 Å². The first-order valence-electron chi connectivity index (χ1n) is 26.2. The molecule has 0 amide bonds.